The van der Waals surface area contributed by atoms with E-state index in [-0.39, 0.29) is 102 Å². The molecule has 0 aromatic heterocycles. The number of benzene rings is 1. The first-order chi connectivity index (χ1) is 38.7. The molecule has 1 aliphatic rings. The topological polar surface area (TPSA) is 485 Å². The van der Waals surface area contributed by atoms with Crippen molar-refractivity contribution in [2.45, 2.75) is 115 Å². The lowest BCUT2D eigenvalue weighted by molar-refractivity contribution is -0.143. The molecular formula is C51H81N13O18. The fourth-order valence-electron chi connectivity index (χ4n) is 8.54. The first kappa shape index (κ1) is 69.9. The van der Waals surface area contributed by atoms with Crippen LogP contribution in [0.1, 0.15) is 83.6 Å². The fraction of sp³-hybridized carbons (Fsp3) is 0.627. The number of nitrogens with zero attached hydrogens (tertiary/aromatic N) is 4. The molecule has 1 fully saturated rings. The number of nitrogens with one attached hydrogen (secondary N) is 7. The monoisotopic (exact) mass is 1160 g/mol. The molecule has 2 rings (SSSR count). The van der Waals surface area contributed by atoms with Gasteiger partial charge in [0.2, 0.25) is 29.5 Å². The first-order valence-electron chi connectivity index (χ1n) is 26.8. The Bertz CT molecular complexity index is 2320. The number of guanidine groups is 1. The van der Waals surface area contributed by atoms with Crippen molar-refractivity contribution in [1.29, 1.82) is 0 Å². The summed E-state index contributed by atoms with van der Waals surface area (Å²) < 4.78 is 0. The predicted molar refractivity (Wildman–Crippen MR) is 292 cm³/mol. The highest BCUT2D eigenvalue weighted by molar-refractivity contribution is 5.94. The van der Waals surface area contributed by atoms with Crippen LogP contribution in [-0.2, 0) is 59.2 Å². The van der Waals surface area contributed by atoms with Gasteiger partial charge < -0.3 is 79.3 Å². The molecule has 0 saturated carbocycles. The minimum absolute atomic E-state index is 0.0269. The number of aliphatic carboxylic acids is 6. The van der Waals surface area contributed by atoms with Crippen LogP contribution in [0.2, 0.25) is 0 Å². The van der Waals surface area contributed by atoms with Gasteiger partial charge in [-0.1, -0.05) is 44.2 Å². The zero-order chi connectivity index (χ0) is 61.3. The molecule has 0 aliphatic carbocycles. The molecule has 0 radical (unpaired) electrons. The molecule has 1 aromatic carbocycles. The molecule has 4 unspecified atom stereocenters. The maximum Gasteiger partial charge on any atom is 0.326 e. The van der Waals surface area contributed by atoms with E-state index in [0.29, 0.717) is 51.3 Å². The maximum absolute atomic E-state index is 14.2. The van der Waals surface area contributed by atoms with Crippen LogP contribution >= 0.6 is 0 Å². The number of carbonyl (C=O) groups excluding carboxylic acids is 6. The molecule has 31 nitrogen and oxygen atoms in total. The Labute approximate surface area is 473 Å². The van der Waals surface area contributed by atoms with Crippen LogP contribution in [-0.4, -0.2) is 231 Å². The molecule has 1 heterocycles. The van der Waals surface area contributed by atoms with Crippen molar-refractivity contribution in [3.05, 3.63) is 35.9 Å². The van der Waals surface area contributed by atoms with Crippen LogP contribution in [0.15, 0.2) is 35.3 Å². The molecule has 7 atom stereocenters. The Hall–Kier alpha value is -8.19. The summed E-state index contributed by atoms with van der Waals surface area (Å²) in [5, 5.41) is 73.9. The third-order valence-corrected chi connectivity index (χ3v) is 13.0. The van der Waals surface area contributed by atoms with E-state index in [1.807, 2.05) is 5.32 Å². The number of unbranched alkanes of at least 4 members (excludes halogenated alkanes) is 1. The van der Waals surface area contributed by atoms with Crippen molar-refractivity contribution in [2.24, 2.45) is 28.3 Å². The van der Waals surface area contributed by atoms with E-state index in [0.717, 1.165) is 0 Å². The van der Waals surface area contributed by atoms with Crippen LogP contribution in [0.3, 0.4) is 0 Å². The lowest BCUT2D eigenvalue weighted by Crippen LogP contribution is -2.56. The molecule has 82 heavy (non-hydrogen) atoms. The molecule has 0 spiro atoms. The van der Waals surface area contributed by atoms with Crippen LogP contribution in [0.4, 0.5) is 4.79 Å². The van der Waals surface area contributed by atoms with E-state index < -0.39 is 121 Å². The standard InChI is InChI=1S/C51H81N13O18/c1-31(27-56-39(65)15-13-36(48(78)79)60-51(82)61-37(49(80)81)14-16-41(67)68)25-32(2)44(73)59-38(26-33-9-4-3-5-10-33)46(75)57-34(12-8-18-55-50(52)53)45(74)58-35(47(76)77)11-6-7-17-54-40(66)28-62-19-21-63(29-42(69)70)23-24-64(22-20-62)30-43(71)72/h3-5,9-10,31-32,34-38H,6-8,11-30H2,1-2H3,(H,54,66)(H,56,65)(H,57,75)(H,58,74)(H,59,73)(H,67,68)(H,69,70)(H,71,72)(H,76,77)(H,78,79)(H,80,81)(H4,52,53,55)(H2,60,61,82)/t31?,32?,34-,35-,36?,37?,38-/m0/s1. The van der Waals surface area contributed by atoms with Crippen molar-refractivity contribution in [3.8, 4) is 0 Å². The fourth-order valence-corrected chi connectivity index (χ4v) is 8.54. The number of nitrogens with two attached hydrogens (primary N) is 2. The quantitative estimate of drug-likeness (QED) is 0.0176. The van der Waals surface area contributed by atoms with Gasteiger partial charge in [-0.25, -0.2) is 19.2 Å². The summed E-state index contributed by atoms with van der Waals surface area (Å²) in [4.78, 5) is 158. The SMILES string of the molecule is CC(CNC(=O)CCC(NC(=O)NC(CCC(=O)O)C(=O)O)C(=O)O)CC(C)C(=O)N[C@@H](Cc1ccccc1)C(=O)N[C@@H](CCCN=C(N)N)C(=O)N[C@@H](CCCCNC(=O)CN1CCN(CC(=O)O)CCN(CC(=O)O)CC1)C(=O)O. The average Bonchev–Trinajstić information content (AvgIpc) is 3.49. The Morgan fingerprint density at radius 2 is 1.00 bits per heavy atom. The smallest absolute Gasteiger partial charge is 0.326 e. The van der Waals surface area contributed by atoms with E-state index in [2.05, 4.69) is 36.9 Å². The summed E-state index contributed by atoms with van der Waals surface area (Å²) in [6, 6.07) is 0.203. The van der Waals surface area contributed by atoms with E-state index >= 15 is 0 Å². The summed E-state index contributed by atoms with van der Waals surface area (Å²) in [5.74, 6) is -12.3. The van der Waals surface area contributed by atoms with Crippen molar-refractivity contribution in [2.75, 3.05) is 78.5 Å². The van der Waals surface area contributed by atoms with E-state index in [4.69, 9.17) is 16.6 Å². The summed E-state index contributed by atoms with van der Waals surface area (Å²) >= 11 is 0. The van der Waals surface area contributed by atoms with E-state index in [1.165, 1.54) is 0 Å². The van der Waals surface area contributed by atoms with E-state index in [9.17, 15) is 83.1 Å². The van der Waals surface area contributed by atoms with Gasteiger partial charge in [-0.05, 0) is 62.8 Å². The molecule has 17 N–H and O–H groups in total. The number of amides is 7. The Morgan fingerprint density at radius 3 is 1.51 bits per heavy atom. The highest BCUT2D eigenvalue weighted by atomic mass is 16.4. The summed E-state index contributed by atoms with van der Waals surface area (Å²) in [6.07, 6.45) is -1.09. The largest absolute Gasteiger partial charge is 0.481 e. The number of urea groups is 1. The van der Waals surface area contributed by atoms with Gasteiger partial charge in [-0.3, -0.25) is 58.0 Å². The second kappa shape index (κ2) is 37.7. The lowest BCUT2D eigenvalue weighted by Gasteiger charge is -2.26. The van der Waals surface area contributed by atoms with Crippen molar-refractivity contribution in [3.63, 3.8) is 0 Å². The number of carboxylic acids is 6. The van der Waals surface area contributed by atoms with Gasteiger partial charge in [-0.2, -0.15) is 0 Å². The summed E-state index contributed by atoms with van der Waals surface area (Å²) in [5.41, 5.74) is 11.6. The van der Waals surface area contributed by atoms with Crippen LogP contribution < -0.4 is 48.7 Å². The van der Waals surface area contributed by atoms with Gasteiger partial charge >= 0.3 is 41.8 Å². The summed E-state index contributed by atoms with van der Waals surface area (Å²) in [7, 11) is 0. The third kappa shape index (κ3) is 30.4. The number of rotatable bonds is 38. The van der Waals surface area contributed by atoms with Gasteiger partial charge in [0.15, 0.2) is 5.96 Å². The summed E-state index contributed by atoms with van der Waals surface area (Å²) in [6.45, 7) is 5.04. The number of hydrogen-bond acceptors (Lipinski definition) is 16. The molecule has 1 saturated heterocycles. The second-order valence-corrected chi connectivity index (χ2v) is 20.0. The number of aliphatic imine (C=N–C) groups is 1. The molecule has 458 valence electrons. The van der Waals surface area contributed by atoms with Gasteiger partial charge in [0.25, 0.3) is 0 Å². The number of carbonyl (C=O) groups is 12. The zero-order valence-electron chi connectivity index (χ0n) is 46.2. The predicted octanol–water partition coefficient (Wildman–Crippen LogP) is -3.17. The van der Waals surface area contributed by atoms with Gasteiger partial charge in [0.05, 0.1) is 19.6 Å². The second-order valence-electron chi connectivity index (χ2n) is 20.0. The Balaban J connectivity index is 2.06. The number of hydrogen-bond donors (Lipinski definition) is 15. The highest BCUT2D eigenvalue weighted by Gasteiger charge is 2.32. The van der Waals surface area contributed by atoms with Gasteiger partial charge in [0, 0.05) is 84.1 Å². The average molecular weight is 1160 g/mol. The van der Waals surface area contributed by atoms with Crippen molar-refractivity contribution in [1.82, 2.24) is 51.9 Å². The maximum atomic E-state index is 14.2. The molecule has 1 aromatic rings. The van der Waals surface area contributed by atoms with Crippen LogP contribution in [0, 0.1) is 11.8 Å². The first-order valence-corrected chi connectivity index (χ1v) is 26.8. The minimum atomic E-state index is -1.62. The minimum Gasteiger partial charge on any atom is -0.481 e. The molecule has 1 aliphatic heterocycles. The zero-order valence-corrected chi connectivity index (χ0v) is 46.2. The lowest BCUT2D eigenvalue weighted by atomic mass is 9.95. The van der Waals surface area contributed by atoms with Crippen LogP contribution in [0.5, 0.6) is 0 Å². The van der Waals surface area contributed by atoms with Crippen molar-refractivity contribution < 1.29 is 88.2 Å². The highest BCUT2D eigenvalue weighted by Crippen LogP contribution is 2.14. The van der Waals surface area contributed by atoms with Crippen LogP contribution in [0.25, 0.3) is 0 Å². The molecular weight excluding hydrogens is 1080 g/mol. The molecule has 0 bridgehead atoms. The number of carboxylic acid groups (broad SMARTS) is 6. The van der Waals surface area contributed by atoms with Crippen molar-refractivity contribution >= 4 is 77.3 Å². The molecule has 31 heteroatoms. The van der Waals surface area contributed by atoms with Gasteiger partial charge in [-0.15, -0.1) is 0 Å². The third-order valence-electron chi connectivity index (χ3n) is 13.0. The molecule has 7 amide bonds. The van der Waals surface area contributed by atoms with Gasteiger partial charge in [0.1, 0.15) is 30.2 Å². The normalized spacial score (nSPS) is 15.7. The Morgan fingerprint density at radius 1 is 0.524 bits per heavy atom. The van der Waals surface area contributed by atoms with E-state index in [1.54, 1.807) is 58.9 Å². The Kier molecular flexibility index (Phi) is 32.1.